The van der Waals surface area contributed by atoms with Crippen molar-refractivity contribution in [3.8, 4) is 0 Å². The van der Waals surface area contributed by atoms with Crippen molar-refractivity contribution in [3.63, 3.8) is 0 Å². The molecule has 6 nitrogen and oxygen atoms in total. The van der Waals surface area contributed by atoms with Crippen molar-refractivity contribution in [1.29, 1.82) is 0 Å². The zero-order valence-electron chi connectivity index (χ0n) is 11.2. The number of fused-ring (bicyclic) bond motifs is 1. The predicted molar refractivity (Wildman–Crippen MR) is 73.1 cm³/mol. The SMILES string of the molecule is Cc1noc2ncnc(NCCCN3CCCC3)c12. The molecule has 0 spiro atoms. The van der Waals surface area contributed by atoms with Gasteiger partial charge in [0.15, 0.2) is 0 Å². The van der Waals surface area contributed by atoms with Gasteiger partial charge in [-0.15, -0.1) is 0 Å². The maximum absolute atomic E-state index is 5.13. The molecule has 1 N–H and O–H groups in total. The molecule has 1 aliphatic heterocycles. The molecule has 0 amide bonds. The van der Waals surface area contributed by atoms with Gasteiger partial charge in [0.2, 0.25) is 0 Å². The summed E-state index contributed by atoms with van der Waals surface area (Å²) in [5.41, 5.74) is 1.38. The molecule has 0 aliphatic carbocycles. The molecular formula is C13H19N5O. The Bertz CT molecular complexity index is 547. The Balaban J connectivity index is 1.57. The van der Waals surface area contributed by atoms with Crippen molar-refractivity contribution in [2.75, 3.05) is 31.5 Å². The van der Waals surface area contributed by atoms with Crippen LogP contribution in [0.4, 0.5) is 5.82 Å². The Morgan fingerprint density at radius 2 is 2.16 bits per heavy atom. The minimum Gasteiger partial charge on any atom is -0.369 e. The first-order chi connectivity index (χ1) is 9.34. The van der Waals surface area contributed by atoms with E-state index < -0.39 is 0 Å². The van der Waals surface area contributed by atoms with E-state index in [1.807, 2.05) is 6.92 Å². The van der Waals surface area contributed by atoms with Gasteiger partial charge in [-0.2, -0.15) is 4.98 Å². The third kappa shape index (κ3) is 2.68. The van der Waals surface area contributed by atoms with E-state index in [1.54, 1.807) is 0 Å². The molecule has 1 aliphatic rings. The van der Waals surface area contributed by atoms with Crippen molar-refractivity contribution in [1.82, 2.24) is 20.0 Å². The number of hydrogen-bond acceptors (Lipinski definition) is 6. The van der Waals surface area contributed by atoms with Gasteiger partial charge in [0.25, 0.3) is 5.71 Å². The lowest BCUT2D eigenvalue weighted by Crippen LogP contribution is -2.22. The number of anilines is 1. The van der Waals surface area contributed by atoms with Crippen LogP contribution >= 0.6 is 0 Å². The van der Waals surface area contributed by atoms with Crippen LogP contribution in [0.15, 0.2) is 10.9 Å². The molecule has 0 radical (unpaired) electrons. The minimum absolute atomic E-state index is 0.551. The first-order valence-electron chi connectivity index (χ1n) is 6.88. The summed E-state index contributed by atoms with van der Waals surface area (Å²) in [6.45, 7) is 6.48. The fraction of sp³-hybridized carbons (Fsp3) is 0.615. The van der Waals surface area contributed by atoms with Crippen LogP contribution in [0.1, 0.15) is 25.0 Å². The predicted octanol–water partition coefficient (Wildman–Crippen LogP) is 1.82. The molecule has 0 saturated carbocycles. The summed E-state index contributed by atoms with van der Waals surface area (Å²) >= 11 is 0. The maximum atomic E-state index is 5.13. The topological polar surface area (TPSA) is 67.1 Å². The van der Waals surface area contributed by atoms with Gasteiger partial charge in [-0.05, 0) is 45.8 Å². The van der Waals surface area contributed by atoms with E-state index in [4.69, 9.17) is 4.52 Å². The fourth-order valence-corrected chi connectivity index (χ4v) is 2.57. The average molecular weight is 261 g/mol. The monoisotopic (exact) mass is 261 g/mol. The van der Waals surface area contributed by atoms with E-state index in [2.05, 4.69) is 25.3 Å². The van der Waals surface area contributed by atoms with Crippen LogP contribution in [0.25, 0.3) is 11.1 Å². The van der Waals surface area contributed by atoms with Crippen molar-refractivity contribution < 1.29 is 4.52 Å². The highest BCUT2D eigenvalue weighted by Crippen LogP contribution is 2.22. The van der Waals surface area contributed by atoms with Crippen molar-refractivity contribution in [2.45, 2.75) is 26.2 Å². The molecule has 1 saturated heterocycles. The van der Waals surface area contributed by atoms with Gasteiger partial charge in [-0.3, -0.25) is 0 Å². The van der Waals surface area contributed by atoms with Gasteiger partial charge in [0.05, 0.1) is 5.69 Å². The zero-order chi connectivity index (χ0) is 13.1. The second-order valence-electron chi connectivity index (χ2n) is 5.00. The molecule has 3 heterocycles. The molecule has 0 bridgehead atoms. The number of aromatic nitrogens is 3. The zero-order valence-corrected chi connectivity index (χ0v) is 11.2. The number of aryl methyl sites for hydroxylation is 1. The highest BCUT2D eigenvalue weighted by atomic mass is 16.5. The minimum atomic E-state index is 0.551. The number of nitrogens with one attached hydrogen (secondary N) is 1. The number of likely N-dealkylation sites (tertiary alicyclic amines) is 1. The summed E-state index contributed by atoms with van der Waals surface area (Å²) in [5.74, 6) is 0.824. The summed E-state index contributed by atoms with van der Waals surface area (Å²) in [5, 5.41) is 8.17. The first kappa shape index (κ1) is 12.3. The second-order valence-corrected chi connectivity index (χ2v) is 5.00. The third-order valence-electron chi connectivity index (χ3n) is 3.59. The van der Waals surface area contributed by atoms with Gasteiger partial charge in [-0.25, -0.2) is 4.98 Å². The summed E-state index contributed by atoms with van der Waals surface area (Å²) in [4.78, 5) is 10.9. The van der Waals surface area contributed by atoms with E-state index >= 15 is 0 Å². The lowest BCUT2D eigenvalue weighted by Gasteiger charge is -2.14. The molecule has 3 rings (SSSR count). The Hall–Kier alpha value is -1.69. The molecule has 6 heteroatoms. The molecular weight excluding hydrogens is 242 g/mol. The van der Waals surface area contributed by atoms with Gasteiger partial charge in [0.1, 0.15) is 17.5 Å². The smallest absolute Gasteiger partial charge is 0.263 e. The van der Waals surface area contributed by atoms with E-state index in [0.717, 1.165) is 36.4 Å². The molecule has 1 fully saturated rings. The van der Waals surface area contributed by atoms with Gasteiger partial charge in [0, 0.05) is 6.54 Å². The van der Waals surface area contributed by atoms with Crippen molar-refractivity contribution in [2.24, 2.45) is 0 Å². The highest BCUT2D eigenvalue weighted by molar-refractivity contribution is 5.87. The molecule has 0 atom stereocenters. The third-order valence-corrected chi connectivity index (χ3v) is 3.59. The van der Waals surface area contributed by atoms with Crippen molar-refractivity contribution >= 4 is 16.9 Å². The van der Waals surface area contributed by atoms with Crippen LogP contribution in [0.3, 0.4) is 0 Å². The van der Waals surface area contributed by atoms with Gasteiger partial charge < -0.3 is 14.7 Å². The average Bonchev–Trinajstić information content (AvgIpc) is 3.05. The van der Waals surface area contributed by atoms with Crippen LogP contribution in [-0.4, -0.2) is 46.2 Å². The Labute approximate surface area is 112 Å². The van der Waals surface area contributed by atoms with Gasteiger partial charge in [-0.1, -0.05) is 5.16 Å². The standard InChI is InChI=1S/C13H19N5O/c1-10-11-12(15-9-16-13(11)19-17-10)14-5-4-8-18-6-2-3-7-18/h9H,2-8H2,1H3,(H,14,15,16). The van der Waals surface area contributed by atoms with Crippen LogP contribution < -0.4 is 5.32 Å². The maximum Gasteiger partial charge on any atom is 0.263 e. The second kappa shape index (κ2) is 5.52. The lowest BCUT2D eigenvalue weighted by molar-refractivity contribution is 0.337. The van der Waals surface area contributed by atoms with Crippen LogP contribution in [0, 0.1) is 6.92 Å². The fourth-order valence-electron chi connectivity index (χ4n) is 2.57. The number of rotatable bonds is 5. The normalized spacial score (nSPS) is 16.3. The Morgan fingerprint density at radius 1 is 1.32 bits per heavy atom. The van der Waals surface area contributed by atoms with Crippen LogP contribution in [0.5, 0.6) is 0 Å². The quantitative estimate of drug-likeness (QED) is 0.828. The highest BCUT2D eigenvalue weighted by Gasteiger charge is 2.12. The Morgan fingerprint density at radius 3 is 3.00 bits per heavy atom. The molecule has 0 aromatic carbocycles. The van der Waals surface area contributed by atoms with E-state index in [-0.39, 0.29) is 0 Å². The largest absolute Gasteiger partial charge is 0.369 e. The van der Waals surface area contributed by atoms with Crippen molar-refractivity contribution in [3.05, 3.63) is 12.0 Å². The first-order valence-corrected chi connectivity index (χ1v) is 6.88. The summed E-state index contributed by atoms with van der Waals surface area (Å²) in [6, 6.07) is 0. The van der Waals surface area contributed by atoms with Crippen LogP contribution in [0.2, 0.25) is 0 Å². The van der Waals surface area contributed by atoms with Gasteiger partial charge >= 0.3 is 0 Å². The Kier molecular flexibility index (Phi) is 3.59. The lowest BCUT2D eigenvalue weighted by atomic mass is 10.3. The molecule has 19 heavy (non-hydrogen) atoms. The van der Waals surface area contributed by atoms with Crippen LogP contribution in [-0.2, 0) is 0 Å². The molecule has 0 unspecified atom stereocenters. The van der Waals surface area contributed by atoms with E-state index in [1.165, 1.54) is 32.3 Å². The summed E-state index contributed by atoms with van der Waals surface area (Å²) in [6.07, 6.45) is 5.32. The molecule has 2 aromatic rings. The summed E-state index contributed by atoms with van der Waals surface area (Å²) in [7, 11) is 0. The van der Waals surface area contributed by atoms with E-state index in [9.17, 15) is 0 Å². The van der Waals surface area contributed by atoms with E-state index in [0.29, 0.717) is 5.71 Å². The number of hydrogen-bond donors (Lipinski definition) is 1. The molecule has 102 valence electrons. The number of nitrogens with zero attached hydrogens (tertiary/aromatic N) is 4. The summed E-state index contributed by atoms with van der Waals surface area (Å²) < 4.78 is 5.13. The molecule has 2 aromatic heterocycles.